The van der Waals surface area contributed by atoms with Gasteiger partial charge in [-0.3, -0.25) is 34.7 Å². The summed E-state index contributed by atoms with van der Waals surface area (Å²) in [7, 11) is 0. The van der Waals surface area contributed by atoms with E-state index in [0.29, 0.717) is 22.6 Å². The molecule has 8 rings (SSSR count). The van der Waals surface area contributed by atoms with Gasteiger partial charge in [0.15, 0.2) is 0 Å². The third-order valence-corrected chi connectivity index (χ3v) is 11.3. The highest BCUT2D eigenvalue weighted by Gasteiger charge is 2.70. The molecule has 3 fully saturated rings. The summed E-state index contributed by atoms with van der Waals surface area (Å²) in [5.41, 5.74) is 4.97. The van der Waals surface area contributed by atoms with Gasteiger partial charge in [0.25, 0.3) is 17.5 Å². The van der Waals surface area contributed by atoms with Crippen LogP contribution in [0.5, 0.6) is 5.75 Å². The van der Waals surface area contributed by atoms with Crippen molar-refractivity contribution in [3.8, 4) is 5.75 Å². The van der Waals surface area contributed by atoms with Gasteiger partial charge in [-0.05, 0) is 55.5 Å². The predicted octanol–water partition coefficient (Wildman–Crippen LogP) is 5.46. The average Bonchev–Trinajstić information content (AvgIpc) is 3.56. The highest BCUT2D eigenvalue weighted by molar-refractivity contribution is 6.22. The van der Waals surface area contributed by atoms with Crippen LogP contribution in [0.25, 0.3) is 0 Å². The number of anilines is 2. The molecular weight excluding hydrogens is 676 g/mol. The molecule has 0 radical (unpaired) electrons. The van der Waals surface area contributed by atoms with Crippen LogP contribution in [-0.2, 0) is 24.6 Å². The second-order valence-electron chi connectivity index (χ2n) is 14.0. The van der Waals surface area contributed by atoms with Gasteiger partial charge in [0.1, 0.15) is 12.4 Å². The molecule has 2 aliphatic heterocycles. The summed E-state index contributed by atoms with van der Waals surface area (Å²) >= 11 is 0. The molecule has 4 aromatic rings. The summed E-state index contributed by atoms with van der Waals surface area (Å²) in [5.74, 6) is -5.55. The topological polar surface area (TPSA) is 159 Å². The molecule has 2 aliphatic carbocycles. The molecule has 2 heterocycles. The first-order valence-electron chi connectivity index (χ1n) is 17.6. The first-order valence-corrected chi connectivity index (χ1v) is 17.6. The first-order chi connectivity index (χ1) is 25.7. The number of fused-ring (bicyclic) bond motifs is 4. The van der Waals surface area contributed by atoms with Gasteiger partial charge in [0.2, 0.25) is 11.8 Å². The van der Waals surface area contributed by atoms with Crippen molar-refractivity contribution in [2.24, 2.45) is 23.7 Å². The molecule has 4 aliphatic rings. The van der Waals surface area contributed by atoms with E-state index in [2.05, 4.69) is 5.43 Å². The fraction of sp³-hybridized carbons (Fsp3) is 0.268. The third-order valence-electron chi connectivity index (χ3n) is 11.3. The summed E-state index contributed by atoms with van der Waals surface area (Å²) in [6, 6.07) is 29.2. The number of carbonyl (C=O) groups excluding carboxylic acids is 4. The number of aryl methyl sites for hydroxylation is 1. The number of ether oxygens (including phenoxy) is 1. The van der Waals surface area contributed by atoms with Crippen molar-refractivity contribution < 1.29 is 33.9 Å². The molecule has 0 bridgehead atoms. The van der Waals surface area contributed by atoms with E-state index >= 15 is 4.79 Å². The van der Waals surface area contributed by atoms with Crippen LogP contribution in [0, 0.1) is 40.7 Å². The van der Waals surface area contributed by atoms with Gasteiger partial charge in [-0.1, -0.05) is 83.9 Å². The van der Waals surface area contributed by atoms with Gasteiger partial charge in [-0.25, -0.2) is 4.90 Å². The molecule has 6 atom stereocenters. The standard InChI is InChI=1S/C41H36N4O8/c1-24-14-16-26(17-15-24)42-44-38(48)33-23-32-29(18-19-31-35(32)39(49)43(37(31)47)27-10-7-11-28(22-27)45(51)52)36(30-12-5-6-13-34(30)53-21-20-46)41(33,40(44)50)25-8-3-2-4-9-25/h2-18,22,31-33,35-36,42,46H,19-21,23H2,1H3/t31-,32+,33-,35-,36+,41+/m0/s1. The van der Waals surface area contributed by atoms with E-state index in [0.717, 1.165) is 21.0 Å². The Labute approximate surface area is 304 Å². The average molecular weight is 713 g/mol. The number of nitro benzene ring substituents is 1. The van der Waals surface area contributed by atoms with Crippen LogP contribution in [0.3, 0.4) is 0 Å². The number of aliphatic hydroxyl groups excluding tert-OH is 1. The number of aliphatic hydroxyl groups is 1. The molecule has 2 saturated heterocycles. The number of nitrogens with zero attached hydrogens (tertiary/aromatic N) is 3. The van der Waals surface area contributed by atoms with Crippen molar-refractivity contribution in [2.45, 2.75) is 31.1 Å². The van der Waals surface area contributed by atoms with Crippen molar-refractivity contribution in [1.82, 2.24) is 5.01 Å². The number of para-hydroxylation sites is 1. The number of rotatable bonds is 9. The minimum Gasteiger partial charge on any atom is -0.491 e. The summed E-state index contributed by atoms with van der Waals surface area (Å²) in [6.45, 7) is 1.67. The largest absolute Gasteiger partial charge is 0.491 e. The molecule has 12 heteroatoms. The number of imide groups is 2. The Hall–Kier alpha value is -6.14. The Bertz CT molecular complexity index is 2190. The zero-order valence-electron chi connectivity index (χ0n) is 28.8. The number of hydrogen-bond acceptors (Lipinski definition) is 9. The smallest absolute Gasteiger partial charge is 0.271 e. The molecule has 1 saturated carbocycles. The van der Waals surface area contributed by atoms with Crippen molar-refractivity contribution in [3.63, 3.8) is 0 Å². The lowest BCUT2D eigenvalue weighted by molar-refractivity contribution is -0.384. The molecular formula is C41H36N4O8. The van der Waals surface area contributed by atoms with Crippen LogP contribution in [0.1, 0.15) is 35.4 Å². The molecule has 4 amide bonds. The van der Waals surface area contributed by atoms with Crippen molar-refractivity contribution in [3.05, 3.63) is 142 Å². The van der Waals surface area contributed by atoms with E-state index < -0.39 is 63.6 Å². The van der Waals surface area contributed by atoms with Crippen LogP contribution in [0.4, 0.5) is 17.1 Å². The van der Waals surface area contributed by atoms with Gasteiger partial charge in [0.05, 0.1) is 46.1 Å². The molecule has 4 aromatic carbocycles. The van der Waals surface area contributed by atoms with Crippen molar-refractivity contribution >= 4 is 40.7 Å². The van der Waals surface area contributed by atoms with E-state index in [1.165, 1.54) is 24.3 Å². The Morgan fingerprint density at radius 1 is 0.887 bits per heavy atom. The normalized spacial score (nSPS) is 26.2. The lowest BCUT2D eigenvalue weighted by Crippen LogP contribution is -2.53. The molecule has 0 aromatic heterocycles. The van der Waals surface area contributed by atoms with Crippen LogP contribution in [0.2, 0.25) is 0 Å². The minimum atomic E-state index is -1.49. The summed E-state index contributed by atoms with van der Waals surface area (Å²) in [6.07, 6.45) is 2.22. The van der Waals surface area contributed by atoms with E-state index in [4.69, 9.17) is 4.74 Å². The number of carbonyl (C=O) groups is 4. The number of amides is 4. The van der Waals surface area contributed by atoms with Crippen LogP contribution >= 0.6 is 0 Å². The lowest BCUT2D eigenvalue weighted by Gasteiger charge is -2.50. The van der Waals surface area contributed by atoms with Crippen LogP contribution in [0.15, 0.2) is 115 Å². The van der Waals surface area contributed by atoms with Gasteiger partial charge < -0.3 is 9.84 Å². The maximum Gasteiger partial charge on any atom is 0.271 e. The zero-order valence-corrected chi connectivity index (χ0v) is 28.8. The Morgan fingerprint density at radius 2 is 1.62 bits per heavy atom. The minimum absolute atomic E-state index is 0.0161. The number of benzene rings is 4. The van der Waals surface area contributed by atoms with Gasteiger partial charge in [-0.2, -0.15) is 5.01 Å². The maximum atomic E-state index is 15.3. The van der Waals surface area contributed by atoms with Crippen molar-refractivity contribution in [2.75, 3.05) is 23.5 Å². The van der Waals surface area contributed by atoms with Crippen molar-refractivity contribution in [1.29, 1.82) is 0 Å². The molecule has 12 nitrogen and oxygen atoms in total. The molecule has 53 heavy (non-hydrogen) atoms. The number of hydrogen-bond donors (Lipinski definition) is 2. The van der Waals surface area contributed by atoms with Crippen LogP contribution < -0.4 is 15.1 Å². The van der Waals surface area contributed by atoms with E-state index in [-0.39, 0.29) is 37.4 Å². The first kappa shape index (κ1) is 34.0. The monoisotopic (exact) mass is 712 g/mol. The highest BCUT2D eigenvalue weighted by atomic mass is 16.6. The Morgan fingerprint density at radius 3 is 2.36 bits per heavy atom. The quantitative estimate of drug-likeness (QED) is 0.0994. The molecule has 0 spiro atoms. The Kier molecular flexibility index (Phi) is 8.41. The molecule has 268 valence electrons. The van der Waals surface area contributed by atoms with E-state index in [1.807, 2.05) is 67.6 Å². The van der Waals surface area contributed by atoms with Gasteiger partial charge >= 0.3 is 0 Å². The zero-order chi connectivity index (χ0) is 37.0. The SMILES string of the molecule is Cc1ccc(NN2C(=O)[C@@H]3C[C@@H]4C(=CC[C@@H]5C(=O)N(c6cccc([N+](=O)[O-])c6)C(=O)[C@@H]54)[C@H](c4ccccc4OCCO)[C@]3(c3ccccc3)C2=O)cc1. The highest BCUT2D eigenvalue weighted by Crippen LogP contribution is 2.65. The number of allylic oxidation sites excluding steroid dienone is 2. The maximum absolute atomic E-state index is 15.3. The van der Waals surface area contributed by atoms with E-state index in [9.17, 15) is 29.6 Å². The molecule has 2 N–H and O–H groups in total. The number of hydrazine groups is 1. The number of nitrogens with one attached hydrogen (secondary N) is 1. The fourth-order valence-electron chi connectivity index (χ4n) is 9.10. The van der Waals surface area contributed by atoms with Gasteiger partial charge in [-0.15, -0.1) is 0 Å². The van der Waals surface area contributed by atoms with Gasteiger partial charge in [0, 0.05) is 23.6 Å². The third kappa shape index (κ3) is 5.23. The fourth-order valence-corrected chi connectivity index (χ4v) is 9.10. The summed E-state index contributed by atoms with van der Waals surface area (Å²) < 4.78 is 6.09. The second-order valence-corrected chi connectivity index (χ2v) is 14.0. The van der Waals surface area contributed by atoms with E-state index in [1.54, 1.807) is 24.3 Å². The number of nitro groups is 1. The summed E-state index contributed by atoms with van der Waals surface area (Å²) in [4.78, 5) is 70.9. The Balaban J connectivity index is 1.32. The number of non-ortho nitro benzene ring substituents is 1. The molecule has 0 unspecified atom stereocenters. The second kappa shape index (κ2) is 13.1. The lowest BCUT2D eigenvalue weighted by atomic mass is 9.49. The van der Waals surface area contributed by atoms with Crippen LogP contribution in [-0.4, -0.2) is 51.9 Å². The summed E-state index contributed by atoms with van der Waals surface area (Å²) in [5, 5.41) is 22.4. The predicted molar refractivity (Wildman–Crippen MR) is 193 cm³/mol.